The summed E-state index contributed by atoms with van der Waals surface area (Å²) in [4.78, 5) is 12.6. The van der Waals surface area contributed by atoms with Crippen LogP contribution in [0.5, 0.6) is 11.5 Å². The Morgan fingerprint density at radius 1 is 1.18 bits per heavy atom. The van der Waals surface area contributed by atoms with E-state index in [1.54, 1.807) is 12.1 Å². The number of nitriles is 1. The molecule has 5 nitrogen and oxygen atoms in total. The molecule has 2 aromatic carbocycles. The number of aryl methyl sites for hydroxylation is 1. The molecule has 0 aliphatic heterocycles. The highest BCUT2D eigenvalue weighted by atomic mass is 127. The molecule has 0 unspecified atom stereocenters. The topological polar surface area (TPSA) is 71.3 Å². The summed E-state index contributed by atoms with van der Waals surface area (Å²) in [5, 5.41) is 12.3. The first-order chi connectivity index (χ1) is 13.5. The van der Waals surface area contributed by atoms with E-state index in [2.05, 4.69) is 27.9 Å². The van der Waals surface area contributed by atoms with E-state index >= 15 is 0 Å². The number of rotatable bonds is 8. The summed E-state index contributed by atoms with van der Waals surface area (Å²) in [7, 11) is 0. The second-order valence-electron chi connectivity index (χ2n) is 5.83. The van der Waals surface area contributed by atoms with Crippen molar-refractivity contribution >= 4 is 40.3 Å². The van der Waals surface area contributed by atoms with Crippen LogP contribution in [0.25, 0.3) is 6.08 Å². The number of carbonyl (C=O) groups is 1. The van der Waals surface area contributed by atoms with Crippen molar-refractivity contribution in [1.29, 1.82) is 5.26 Å². The lowest BCUT2D eigenvalue weighted by Gasteiger charge is -2.14. The van der Waals surface area contributed by atoms with Crippen molar-refractivity contribution in [2.45, 2.75) is 27.2 Å². The summed E-state index contributed by atoms with van der Waals surface area (Å²) in [5.74, 6) is 0.823. The number of para-hydroxylation sites is 1. The van der Waals surface area contributed by atoms with Gasteiger partial charge >= 0.3 is 0 Å². The molecular formula is C22H23IN2O3. The largest absolute Gasteiger partial charge is 0.490 e. The van der Waals surface area contributed by atoms with Crippen LogP contribution >= 0.6 is 22.6 Å². The molecule has 146 valence electrons. The van der Waals surface area contributed by atoms with Crippen LogP contribution in [0.1, 0.15) is 31.9 Å². The van der Waals surface area contributed by atoms with Gasteiger partial charge in [-0.3, -0.25) is 4.79 Å². The molecule has 0 aliphatic carbocycles. The first-order valence-electron chi connectivity index (χ1n) is 9.14. The van der Waals surface area contributed by atoms with Gasteiger partial charge in [-0.05, 0) is 78.3 Å². The Balaban J connectivity index is 2.35. The van der Waals surface area contributed by atoms with Gasteiger partial charge in [-0.1, -0.05) is 25.1 Å². The predicted octanol–water partition coefficient (Wildman–Crippen LogP) is 5.20. The number of hydrogen-bond acceptors (Lipinski definition) is 4. The average Bonchev–Trinajstić information content (AvgIpc) is 2.69. The maximum Gasteiger partial charge on any atom is 0.266 e. The van der Waals surface area contributed by atoms with Gasteiger partial charge in [0.15, 0.2) is 11.5 Å². The highest BCUT2D eigenvalue weighted by Crippen LogP contribution is 2.35. The number of nitrogens with one attached hydrogen (secondary N) is 1. The Labute approximate surface area is 179 Å². The Morgan fingerprint density at radius 3 is 2.54 bits per heavy atom. The molecule has 2 aromatic rings. The molecule has 0 aromatic heterocycles. The lowest BCUT2D eigenvalue weighted by Crippen LogP contribution is -2.14. The molecule has 0 saturated carbocycles. The zero-order chi connectivity index (χ0) is 20.5. The van der Waals surface area contributed by atoms with Gasteiger partial charge in [0.1, 0.15) is 11.6 Å². The van der Waals surface area contributed by atoms with Crippen molar-refractivity contribution in [2.24, 2.45) is 0 Å². The summed E-state index contributed by atoms with van der Waals surface area (Å²) in [6.07, 6.45) is 2.35. The molecule has 0 radical (unpaired) electrons. The van der Waals surface area contributed by atoms with E-state index < -0.39 is 5.91 Å². The smallest absolute Gasteiger partial charge is 0.266 e. The van der Waals surface area contributed by atoms with E-state index in [1.165, 1.54) is 0 Å². The first kappa shape index (κ1) is 21.8. The second kappa shape index (κ2) is 10.7. The van der Waals surface area contributed by atoms with E-state index in [0.29, 0.717) is 36.0 Å². The molecule has 0 bridgehead atoms. The number of ether oxygens (including phenoxy) is 2. The number of nitrogens with zero attached hydrogens (tertiary/aromatic N) is 1. The SMILES string of the molecule is CCOc1cc(/C=C(\C#N)C(=O)Nc2ccccc2CC)cc(I)c1OCC. The maximum absolute atomic E-state index is 12.6. The number of hydrogen-bond donors (Lipinski definition) is 1. The standard InChI is InChI=1S/C22H23IN2O3/c1-4-16-9-7-8-10-19(16)25-22(26)17(14-24)11-15-12-18(23)21(28-6-3)20(13-15)27-5-2/h7-13H,4-6H2,1-3H3,(H,25,26)/b17-11+. The monoisotopic (exact) mass is 490 g/mol. The zero-order valence-corrected chi connectivity index (χ0v) is 18.4. The fourth-order valence-electron chi connectivity index (χ4n) is 2.67. The van der Waals surface area contributed by atoms with E-state index in [0.717, 1.165) is 15.6 Å². The third-order valence-corrected chi connectivity index (χ3v) is 4.74. The third-order valence-electron chi connectivity index (χ3n) is 3.94. The summed E-state index contributed by atoms with van der Waals surface area (Å²) >= 11 is 2.16. The number of halogens is 1. The van der Waals surface area contributed by atoms with Gasteiger partial charge in [-0.25, -0.2) is 0 Å². The fraction of sp³-hybridized carbons (Fsp3) is 0.273. The predicted molar refractivity (Wildman–Crippen MR) is 120 cm³/mol. The molecule has 0 fully saturated rings. The fourth-order valence-corrected chi connectivity index (χ4v) is 3.46. The van der Waals surface area contributed by atoms with Crippen molar-refractivity contribution in [3.8, 4) is 17.6 Å². The van der Waals surface area contributed by atoms with E-state index in [4.69, 9.17) is 9.47 Å². The summed E-state index contributed by atoms with van der Waals surface area (Å²) in [6, 6.07) is 13.2. The summed E-state index contributed by atoms with van der Waals surface area (Å²) in [6.45, 7) is 6.83. The molecular weight excluding hydrogens is 467 g/mol. The maximum atomic E-state index is 12.6. The van der Waals surface area contributed by atoms with Gasteiger partial charge in [-0.15, -0.1) is 0 Å². The normalized spacial score (nSPS) is 10.9. The Kier molecular flexibility index (Phi) is 8.33. The molecule has 2 rings (SSSR count). The highest BCUT2D eigenvalue weighted by Gasteiger charge is 2.14. The third kappa shape index (κ3) is 5.49. The van der Waals surface area contributed by atoms with Crippen LogP contribution < -0.4 is 14.8 Å². The molecule has 1 amide bonds. The van der Waals surface area contributed by atoms with Crippen LogP contribution in [-0.2, 0) is 11.2 Å². The van der Waals surface area contributed by atoms with Crippen LogP contribution in [0.2, 0.25) is 0 Å². The van der Waals surface area contributed by atoms with Crippen molar-refractivity contribution < 1.29 is 14.3 Å². The molecule has 28 heavy (non-hydrogen) atoms. The number of benzene rings is 2. The quantitative estimate of drug-likeness (QED) is 0.314. The van der Waals surface area contributed by atoms with Crippen molar-refractivity contribution in [3.63, 3.8) is 0 Å². The molecule has 1 N–H and O–H groups in total. The molecule has 0 spiro atoms. The second-order valence-corrected chi connectivity index (χ2v) is 6.99. The van der Waals surface area contributed by atoms with Crippen molar-refractivity contribution in [3.05, 3.63) is 56.7 Å². The Bertz CT molecular complexity index is 916. The van der Waals surface area contributed by atoms with Gasteiger partial charge < -0.3 is 14.8 Å². The lowest BCUT2D eigenvalue weighted by atomic mass is 10.1. The van der Waals surface area contributed by atoms with Crippen molar-refractivity contribution in [1.82, 2.24) is 0 Å². The van der Waals surface area contributed by atoms with Gasteiger partial charge in [0, 0.05) is 5.69 Å². The minimum atomic E-state index is -0.440. The summed E-state index contributed by atoms with van der Waals surface area (Å²) in [5.41, 5.74) is 2.45. The van der Waals surface area contributed by atoms with Crippen LogP contribution in [-0.4, -0.2) is 19.1 Å². The zero-order valence-electron chi connectivity index (χ0n) is 16.2. The summed E-state index contributed by atoms with van der Waals surface area (Å²) < 4.78 is 12.2. The molecule has 0 saturated heterocycles. The minimum Gasteiger partial charge on any atom is -0.490 e. The number of amides is 1. The number of carbonyl (C=O) groups excluding carboxylic acids is 1. The molecule has 0 aliphatic rings. The van der Waals surface area contributed by atoms with Gasteiger partial charge in [0.2, 0.25) is 0 Å². The van der Waals surface area contributed by atoms with Crippen LogP contribution in [0, 0.1) is 14.9 Å². The van der Waals surface area contributed by atoms with Crippen molar-refractivity contribution in [2.75, 3.05) is 18.5 Å². The van der Waals surface area contributed by atoms with Crippen LogP contribution in [0.3, 0.4) is 0 Å². The van der Waals surface area contributed by atoms with E-state index in [9.17, 15) is 10.1 Å². The van der Waals surface area contributed by atoms with Crippen LogP contribution in [0.4, 0.5) is 5.69 Å². The Hall–Kier alpha value is -2.53. The van der Waals surface area contributed by atoms with E-state index in [1.807, 2.05) is 57.2 Å². The van der Waals surface area contributed by atoms with Gasteiger partial charge in [-0.2, -0.15) is 5.26 Å². The number of anilines is 1. The molecule has 0 atom stereocenters. The van der Waals surface area contributed by atoms with Gasteiger partial charge in [0.25, 0.3) is 5.91 Å². The Morgan fingerprint density at radius 2 is 1.89 bits per heavy atom. The van der Waals surface area contributed by atoms with Gasteiger partial charge in [0.05, 0.1) is 16.8 Å². The van der Waals surface area contributed by atoms with Crippen LogP contribution in [0.15, 0.2) is 42.0 Å². The average molecular weight is 490 g/mol. The highest BCUT2D eigenvalue weighted by molar-refractivity contribution is 14.1. The lowest BCUT2D eigenvalue weighted by molar-refractivity contribution is -0.112. The minimum absolute atomic E-state index is 0.0216. The molecule has 6 heteroatoms. The first-order valence-corrected chi connectivity index (χ1v) is 10.2. The van der Waals surface area contributed by atoms with E-state index in [-0.39, 0.29) is 5.57 Å². The molecule has 0 heterocycles.